The predicted molar refractivity (Wildman–Crippen MR) is 49.4 cm³/mol. The van der Waals surface area contributed by atoms with Gasteiger partial charge in [-0.3, -0.25) is 0 Å². The van der Waals surface area contributed by atoms with Crippen molar-refractivity contribution in [3.63, 3.8) is 0 Å². The quantitative estimate of drug-likeness (QED) is 0.727. The number of aliphatic hydroxyl groups excluding tert-OH is 1. The van der Waals surface area contributed by atoms with Gasteiger partial charge in [0.05, 0.1) is 6.10 Å². The minimum atomic E-state index is -0.369. The molecule has 1 aromatic heterocycles. The minimum Gasteiger partial charge on any atom is -0.388 e. The molecule has 1 N–H and O–H groups in total. The van der Waals surface area contributed by atoms with E-state index in [0.717, 1.165) is 4.88 Å². The van der Waals surface area contributed by atoms with Crippen LogP contribution >= 0.6 is 22.9 Å². The zero-order chi connectivity index (χ0) is 8.27. The number of hydrogen-bond acceptors (Lipinski definition) is 2. The lowest BCUT2D eigenvalue weighted by Gasteiger charge is -2.03. The molecule has 62 valence electrons. The molecule has 0 spiro atoms. The molecule has 1 heterocycles. The SMILES string of the molecule is Cc1ccc(C(O)CCCl)s1. The van der Waals surface area contributed by atoms with Crippen molar-refractivity contribution in [2.45, 2.75) is 19.4 Å². The summed E-state index contributed by atoms with van der Waals surface area (Å²) in [6.45, 7) is 2.03. The number of aryl methyl sites for hydroxylation is 1. The van der Waals surface area contributed by atoms with Crippen molar-refractivity contribution in [3.05, 3.63) is 21.9 Å². The first-order valence-electron chi connectivity index (χ1n) is 3.54. The van der Waals surface area contributed by atoms with E-state index < -0.39 is 0 Å². The molecule has 0 radical (unpaired) electrons. The smallest absolute Gasteiger partial charge is 0.0893 e. The molecule has 0 aliphatic heterocycles. The van der Waals surface area contributed by atoms with Crippen LogP contribution in [0.3, 0.4) is 0 Å². The van der Waals surface area contributed by atoms with Crippen LogP contribution in [0.2, 0.25) is 0 Å². The Morgan fingerprint density at radius 3 is 2.82 bits per heavy atom. The molecule has 0 amide bonds. The second-order valence-electron chi connectivity index (χ2n) is 2.44. The largest absolute Gasteiger partial charge is 0.388 e. The van der Waals surface area contributed by atoms with Gasteiger partial charge >= 0.3 is 0 Å². The van der Waals surface area contributed by atoms with Crippen molar-refractivity contribution in [2.24, 2.45) is 0 Å². The van der Waals surface area contributed by atoms with Crippen LogP contribution in [0, 0.1) is 6.92 Å². The van der Waals surface area contributed by atoms with E-state index in [1.807, 2.05) is 19.1 Å². The van der Waals surface area contributed by atoms with Gasteiger partial charge in [0.15, 0.2) is 0 Å². The van der Waals surface area contributed by atoms with Gasteiger partial charge in [0.1, 0.15) is 0 Å². The van der Waals surface area contributed by atoms with Gasteiger partial charge in [-0.15, -0.1) is 22.9 Å². The second-order valence-corrected chi connectivity index (χ2v) is 4.14. The van der Waals surface area contributed by atoms with Crippen molar-refractivity contribution >= 4 is 22.9 Å². The summed E-state index contributed by atoms with van der Waals surface area (Å²) in [5.41, 5.74) is 0. The van der Waals surface area contributed by atoms with Crippen LogP contribution in [0.15, 0.2) is 12.1 Å². The molecule has 1 aromatic rings. The van der Waals surface area contributed by atoms with Crippen molar-refractivity contribution in [2.75, 3.05) is 5.88 Å². The van der Waals surface area contributed by atoms with Gasteiger partial charge in [0.25, 0.3) is 0 Å². The molecule has 11 heavy (non-hydrogen) atoms. The molecule has 0 bridgehead atoms. The summed E-state index contributed by atoms with van der Waals surface area (Å²) in [4.78, 5) is 2.25. The zero-order valence-electron chi connectivity index (χ0n) is 6.38. The molecule has 1 atom stereocenters. The summed E-state index contributed by atoms with van der Waals surface area (Å²) in [5, 5.41) is 9.46. The molecule has 0 fully saturated rings. The van der Waals surface area contributed by atoms with E-state index in [0.29, 0.717) is 12.3 Å². The molecule has 1 unspecified atom stereocenters. The molecule has 1 nitrogen and oxygen atoms in total. The monoisotopic (exact) mass is 190 g/mol. The summed E-state index contributed by atoms with van der Waals surface area (Å²) in [6, 6.07) is 3.97. The molecule has 0 aliphatic rings. The Bertz CT molecular complexity index is 222. The maximum Gasteiger partial charge on any atom is 0.0893 e. The minimum absolute atomic E-state index is 0.369. The highest BCUT2D eigenvalue weighted by molar-refractivity contribution is 7.12. The molecular formula is C8H11ClOS. The van der Waals surface area contributed by atoms with Crippen LogP contribution in [0.1, 0.15) is 22.3 Å². The Balaban J connectivity index is 2.60. The van der Waals surface area contributed by atoms with Crippen molar-refractivity contribution in [1.82, 2.24) is 0 Å². The van der Waals surface area contributed by atoms with Crippen LogP contribution in [0.4, 0.5) is 0 Å². The number of halogens is 1. The average Bonchev–Trinajstić information content (AvgIpc) is 2.36. The molecule has 3 heteroatoms. The highest BCUT2D eigenvalue weighted by Crippen LogP contribution is 2.24. The van der Waals surface area contributed by atoms with Crippen LogP contribution in [-0.4, -0.2) is 11.0 Å². The fraction of sp³-hybridized carbons (Fsp3) is 0.500. The molecule has 0 saturated carbocycles. The molecule has 1 rings (SSSR count). The lowest BCUT2D eigenvalue weighted by Crippen LogP contribution is -1.94. The first kappa shape index (κ1) is 9.04. The Labute approximate surface area is 75.6 Å². The fourth-order valence-corrected chi connectivity index (χ4v) is 1.98. The zero-order valence-corrected chi connectivity index (χ0v) is 7.95. The first-order chi connectivity index (χ1) is 5.24. The predicted octanol–water partition coefficient (Wildman–Crippen LogP) is 2.72. The maximum atomic E-state index is 9.46. The summed E-state index contributed by atoms with van der Waals surface area (Å²) in [7, 11) is 0. The third-order valence-corrected chi connectivity index (χ3v) is 2.79. The van der Waals surface area contributed by atoms with E-state index >= 15 is 0 Å². The number of alkyl halides is 1. The summed E-state index contributed by atoms with van der Waals surface area (Å²) in [5.74, 6) is 0.512. The molecule has 0 aromatic carbocycles. The van der Waals surface area contributed by atoms with Gasteiger partial charge in [0.2, 0.25) is 0 Å². The standard InChI is InChI=1S/C8H11ClOS/c1-6-2-3-8(11-6)7(10)4-5-9/h2-3,7,10H,4-5H2,1H3. The van der Waals surface area contributed by atoms with E-state index in [-0.39, 0.29) is 6.10 Å². The van der Waals surface area contributed by atoms with Crippen LogP contribution in [0.5, 0.6) is 0 Å². The Morgan fingerprint density at radius 2 is 2.36 bits per heavy atom. The number of thiophene rings is 1. The summed E-state index contributed by atoms with van der Waals surface area (Å²) in [6.07, 6.45) is 0.271. The van der Waals surface area contributed by atoms with Crippen molar-refractivity contribution in [1.29, 1.82) is 0 Å². The molecule has 0 saturated heterocycles. The lowest BCUT2D eigenvalue weighted by atomic mass is 10.2. The Morgan fingerprint density at radius 1 is 1.64 bits per heavy atom. The number of hydrogen-bond donors (Lipinski definition) is 1. The fourth-order valence-electron chi connectivity index (χ4n) is 0.878. The van der Waals surface area contributed by atoms with Crippen LogP contribution < -0.4 is 0 Å². The van der Waals surface area contributed by atoms with Gasteiger partial charge in [-0.1, -0.05) is 0 Å². The number of rotatable bonds is 3. The third kappa shape index (κ3) is 2.47. The lowest BCUT2D eigenvalue weighted by molar-refractivity contribution is 0.178. The highest BCUT2D eigenvalue weighted by atomic mass is 35.5. The normalized spacial score (nSPS) is 13.4. The van der Waals surface area contributed by atoms with E-state index in [9.17, 15) is 5.11 Å². The van der Waals surface area contributed by atoms with E-state index in [4.69, 9.17) is 11.6 Å². The Hall–Kier alpha value is -0.0500. The summed E-state index contributed by atoms with van der Waals surface area (Å²) < 4.78 is 0. The van der Waals surface area contributed by atoms with Gasteiger partial charge in [0, 0.05) is 15.6 Å². The van der Waals surface area contributed by atoms with Crippen LogP contribution in [-0.2, 0) is 0 Å². The van der Waals surface area contributed by atoms with Gasteiger partial charge in [-0.25, -0.2) is 0 Å². The van der Waals surface area contributed by atoms with Gasteiger partial charge < -0.3 is 5.11 Å². The van der Waals surface area contributed by atoms with Gasteiger partial charge in [-0.2, -0.15) is 0 Å². The highest BCUT2D eigenvalue weighted by Gasteiger charge is 2.07. The van der Waals surface area contributed by atoms with Crippen molar-refractivity contribution in [3.8, 4) is 0 Å². The third-order valence-electron chi connectivity index (χ3n) is 1.47. The number of aliphatic hydroxyl groups is 1. The van der Waals surface area contributed by atoms with E-state index in [2.05, 4.69) is 0 Å². The van der Waals surface area contributed by atoms with E-state index in [1.165, 1.54) is 4.88 Å². The molecule has 0 aliphatic carbocycles. The van der Waals surface area contributed by atoms with E-state index in [1.54, 1.807) is 11.3 Å². The molecular weight excluding hydrogens is 180 g/mol. The van der Waals surface area contributed by atoms with Crippen LogP contribution in [0.25, 0.3) is 0 Å². The Kier molecular flexibility index (Phi) is 3.37. The summed E-state index contributed by atoms with van der Waals surface area (Å²) >= 11 is 7.12. The average molecular weight is 191 g/mol. The van der Waals surface area contributed by atoms with Crippen molar-refractivity contribution < 1.29 is 5.11 Å². The second kappa shape index (κ2) is 4.10. The topological polar surface area (TPSA) is 20.2 Å². The first-order valence-corrected chi connectivity index (χ1v) is 4.89. The van der Waals surface area contributed by atoms with Gasteiger partial charge in [-0.05, 0) is 25.5 Å². The maximum absolute atomic E-state index is 9.46.